The van der Waals surface area contributed by atoms with Crippen molar-refractivity contribution in [2.75, 3.05) is 5.88 Å². The zero-order chi connectivity index (χ0) is 7.61. The predicted octanol–water partition coefficient (Wildman–Crippen LogP) is 1.50. The van der Waals surface area contributed by atoms with E-state index >= 15 is 0 Å². The summed E-state index contributed by atoms with van der Waals surface area (Å²) in [5, 5.41) is 9.05. The number of halogens is 1. The van der Waals surface area contributed by atoms with Gasteiger partial charge in [0.15, 0.2) is 6.29 Å². The van der Waals surface area contributed by atoms with E-state index in [1.807, 2.05) is 6.92 Å². The first kappa shape index (κ1) is 8.31. The van der Waals surface area contributed by atoms with Crippen LogP contribution in [0.2, 0.25) is 0 Å². The van der Waals surface area contributed by atoms with Crippen molar-refractivity contribution in [1.82, 2.24) is 0 Å². The fourth-order valence-electron chi connectivity index (χ4n) is 1.25. The molecular formula is C7H13ClO2. The van der Waals surface area contributed by atoms with Gasteiger partial charge in [-0.15, -0.1) is 11.6 Å². The molecule has 2 atom stereocenters. The minimum absolute atomic E-state index is 0.235. The van der Waals surface area contributed by atoms with E-state index in [-0.39, 0.29) is 5.60 Å². The van der Waals surface area contributed by atoms with Crippen molar-refractivity contribution >= 4 is 11.6 Å². The Hall–Kier alpha value is 0.210. The fraction of sp³-hybridized carbons (Fsp3) is 1.00. The smallest absolute Gasteiger partial charge is 0.155 e. The van der Waals surface area contributed by atoms with Crippen LogP contribution in [0.25, 0.3) is 0 Å². The van der Waals surface area contributed by atoms with Crippen molar-refractivity contribution in [3.63, 3.8) is 0 Å². The number of aliphatic hydroxyl groups excluding tert-OH is 1. The summed E-state index contributed by atoms with van der Waals surface area (Å²) in [6.07, 6.45) is 1.90. The molecule has 60 valence electrons. The van der Waals surface area contributed by atoms with Gasteiger partial charge >= 0.3 is 0 Å². The Balaban J connectivity index is 2.51. The van der Waals surface area contributed by atoms with E-state index in [4.69, 9.17) is 21.4 Å². The van der Waals surface area contributed by atoms with Gasteiger partial charge in [0, 0.05) is 6.42 Å². The number of hydrogen-bond donors (Lipinski definition) is 1. The molecule has 0 aromatic heterocycles. The predicted molar refractivity (Wildman–Crippen MR) is 40.1 cm³/mol. The number of hydrogen-bond acceptors (Lipinski definition) is 2. The quantitative estimate of drug-likeness (QED) is 0.627. The second kappa shape index (κ2) is 3.07. The third-order valence-electron chi connectivity index (χ3n) is 2.12. The Morgan fingerprint density at radius 2 is 2.50 bits per heavy atom. The summed E-state index contributed by atoms with van der Waals surface area (Å²) in [5.41, 5.74) is -0.235. The highest BCUT2D eigenvalue weighted by atomic mass is 35.5. The molecule has 0 saturated carbocycles. The zero-order valence-electron chi connectivity index (χ0n) is 6.14. The summed E-state index contributed by atoms with van der Waals surface area (Å²) in [4.78, 5) is 0. The van der Waals surface area contributed by atoms with Gasteiger partial charge in [-0.25, -0.2) is 0 Å². The van der Waals surface area contributed by atoms with Crippen molar-refractivity contribution in [3.05, 3.63) is 0 Å². The van der Waals surface area contributed by atoms with Gasteiger partial charge in [0.2, 0.25) is 0 Å². The number of alkyl halides is 1. The van der Waals surface area contributed by atoms with E-state index in [1.54, 1.807) is 0 Å². The maximum Gasteiger partial charge on any atom is 0.155 e. The third kappa shape index (κ3) is 1.44. The van der Waals surface area contributed by atoms with Crippen LogP contribution in [0.1, 0.15) is 26.2 Å². The molecule has 0 amide bonds. The Labute approximate surface area is 66.1 Å². The average molecular weight is 165 g/mol. The highest BCUT2D eigenvalue weighted by Gasteiger charge is 2.36. The van der Waals surface area contributed by atoms with Crippen LogP contribution in [0.4, 0.5) is 0 Å². The highest BCUT2D eigenvalue weighted by molar-refractivity contribution is 6.18. The lowest BCUT2D eigenvalue weighted by atomic mass is 10.00. The number of ether oxygens (including phenoxy) is 1. The van der Waals surface area contributed by atoms with E-state index in [9.17, 15) is 0 Å². The van der Waals surface area contributed by atoms with Crippen LogP contribution in [0.5, 0.6) is 0 Å². The Kier molecular flexibility index (Phi) is 2.55. The molecular weight excluding hydrogens is 152 g/mol. The zero-order valence-corrected chi connectivity index (χ0v) is 6.90. The Morgan fingerprint density at radius 1 is 1.80 bits per heavy atom. The first-order valence-corrected chi connectivity index (χ1v) is 4.18. The third-order valence-corrected chi connectivity index (χ3v) is 2.61. The summed E-state index contributed by atoms with van der Waals surface area (Å²) in [6, 6.07) is 0. The van der Waals surface area contributed by atoms with Crippen LogP contribution < -0.4 is 0 Å². The molecule has 0 aromatic carbocycles. The lowest BCUT2D eigenvalue weighted by Gasteiger charge is -2.23. The molecule has 1 N–H and O–H groups in total. The first-order chi connectivity index (χ1) is 4.72. The van der Waals surface area contributed by atoms with E-state index in [2.05, 4.69) is 0 Å². The molecule has 0 aliphatic carbocycles. The van der Waals surface area contributed by atoms with Crippen LogP contribution in [-0.2, 0) is 4.74 Å². The van der Waals surface area contributed by atoms with Gasteiger partial charge in [-0.2, -0.15) is 0 Å². The SMILES string of the molecule is CCC1(CCl)CCC(O)O1. The van der Waals surface area contributed by atoms with Gasteiger partial charge in [0.05, 0.1) is 11.5 Å². The summed E-state index contributed by atoms with van der Waals surface area (Å²) in [7, 11) is 0. The van der Waals surface area contributed by atoms with Crippen LogP contribution in [0.3, 0.4) is 0 Å². The fourth-order valence-corrected chi connectivity index (χ4v) is 1.63. The highest BCUT2D eigenvalue weighted by Crippen LogP contribution is 2.32. The van der Waals surface area contributed by atoms with Crippen LogP contribution in [-0.4, -0.2) is 22.9 Å². The first-order valence-electron chi connectivity index (χ1n) is 3.64. The number of aliphatic hydroxyl groups is 1. The second-order valence-corrected chi connectivity index (χ2v) is 3.05. The maximum absolute atomic E-state index is 9.05. The van der Waals surface area contributed by atoms with Gasteiger partial charge in [-0.05, 0) is 12.8 Å². The monoisotopic (exact) mass is 164 g/mol. The maximum atomic E-state index is 9.05. The van der Waals surface area contributed by atoms with Gasteiger partial charge < -0.3 is 9.84 Å². The summed E-state index contributed by atoms with van der Waals surface area (Å²) in [5.74, 6) is 0.487. The molecule has 1 fully saturated rings. The molecule has 1 saturated heterocycles. The molecule has 3 heteroatoms. The van der Waals surface area contributed by atoms with Gasteiger partial charge in [-0.1, -0.05) is 6.92 Å². The van der Waals surface area contributed by atoms with Gasteiger partial charge in [0.1, 0.15) is 0 Å². The number of rotatable bonds is 2. The molecule has 10 heavy (non-hydrogen) atoms. The van der Waals surface area contributed by atoms with Crippen molar-refractivity contribution in [2.24, 2.45) is 0 Å². The van der Waals surface area contributed by atoms with E-state index in [1.165, 1.54) is 0 Å². The minimum Gasteiger partial charge on any atom is -0.368 e. The Bertz CT molecular complexity index is 112. The molecule has 1 rings (SSSR count). The van der Waals surface area contributed by atoms with Crippen LogP contribution in [0, 0.1) is 0 Å². The van der Waals surface area contributed by atoms with Crippen molar-refractivity contribution in [3.8, 4) is 0 Å². The second-order valence-electron chi connectivity index (χ2n) is 2.78. The van der Waals surface area contributed by atoms with Crippen molar-refractivity contribution < 1.29 is 9.84 Å². The van der Waals surface area contributed by atoms with Crippen LogP contribution in [0.15, 0.2) is 0 Å². The lowest BCUT2D eigenvalue weighted by molar-refractivity contribution is -0.129. The molecule has 2 unspecified atom stereocenters. The average Bonchev–Trinajstić information content (AvgIpc) is 2.33. The molecule has 2 nitrogen and oxygen atoms in total. The molecule has 1 heterocycles. The van der Waals surface area contributed by atoms with Gasteiger partial charge in [-0.3, -0.25) is 0 Å². The standard InChI is InChI=1S/C7H13ClO2/c1-2-7(5-8)4-3-6(9)10-7/h6,9H,2-5H2,1H3. The van der Waals surface area contributed by atoms with Crippen molar-refractivity contribution in [2.45, 2.75) is 38.1 Å². The summed E-state index contributed by atoms with van der Waals surface area (Å²) < 4.78 is 5.27. The normalized spacial score (nSPS) is 40.5. The van der Waals surface area contributed by atoms with Crippen molar-refractivity contribution in [1.29, 1.82) is 0 Å². The molecule has 0 spiro atoms. The topological polar surface area (TPSA) is 29.5 Å². The molecule has 0 radical (unpaired) electrons. The van der Waals surface area contributed by atoms with E-state index in [0.717, 1.165) is 19.3 Å². The molecule has 0 bridgehead atoms. The molecule has 0 aromatic rings. The summed E-state index contributed by atoms with van der Waals surface area (Å²) >= 11 is 5.69. The van der Waals surface area contributed by atoms with E-state index < -0.39 is 6.29 Å². The largest absolute Gasteiger partial charge is 0.368 e. The Morgan fingerprint density at radius 3 is 2.70 bits per heavy atom. The lowest BCUT2D eigenvalue weighted by Crippen LogP contribution is -2.30. The molecule has 1 aliphatic rings. The molecule has 1 aliphatic heterocycles. The van der Waals surface area contributed by atoms with E-state index in [0.29, 0.717) is 5.88 Å². The minimum atomic E-state index is -0.585. The summed E-state index contributed by atoms with van der Waals surface area (Å²) in [6.45, 7) is 2.03. The van der Waals surface area contributed by atoms with Crippen LogP contribution >= 0.6 is 11.6 Å². The van der Waals surface area contributed by atoms with Gasteiger partial charge in [0.25, 0.3) is 0 Å².